The van der Waals surface area contributed by atoms with Gasteiger partial charge in [0.25, 0.3) is 0 Å². The van der Waals surface area contributed by atoms with E-state index in [1.165, 1.54) is 16.0 Å². The molecule has 16 heavy (non-hydrogen) atoms. The molecule has 2 N–H and O–H groups in total. The predicted molar refractivity (Wildman–Crippen MR) is 71.8 cm³/mol. The molecule has 0 radical (unpaired) electrons. The van der Waals surface area contributed by atoms with Crippen LogP contribution in [0.5, 0.6) is 0 Å². The van der Waals surface area contributed by atoms with Crippen molar-refractivity contribution in [1.29, 1.82) is 0 Å². The highest BCUT2D eigenvalue weighted by Gasteiger charge is 2.32. The maximum atomic E-state index is 6.34. The van der Waals surface area contributed by atoms with Crippen molar-refractivity contribution in [2.24, 2.45) is 5.73 Å². The zero-order valence-electron chi connectivity index (χ0n) is 8.69. The Hall–Kier alpha value is -0.640. The number of hydrogen-bond acceptors (Lipinski definition) is 2. The molecule has 1 heterocycles. The highest BCUT2D eigenvalue weighted by atomic mass is 79.9. The van der Waals surface area contributed by atoms with Gasteiger partial charge in [0.05, 0.1) is 0 Å². The summed E-state index contributed by atoms with van der Waals surface area (Å²) >= 11 is 5.30. The van der Waals surface area contributed by atoms with Crippen molar-refractivity contribution in [2.45, 2.75) is 18.4 Å². The highest BCUT2D eigenvalue weighted by Crippen LogP contribution is 2.44. The van der Waals surface area contributed by atoms with Crippen molar-refractivity contribution < 1.29 is 0 Å². The zero-order valence-corrected chi connectivity index (χ0v) is 11.1. The first kappa shape index (κ1) is 10.5. The van der Waals surface area contributed by atoms with E-state index in [9.17, 15) is 0 Å². The topological polar surface area (TPSA) is 26.0 Å². The Balaban J connectivity index is 1.90. The van der Waals surface area contributed by atoms with Crippen LogP contribution in [0.15, 0.2) is 40.2 Å². The van der Waals surface area contributed by atoms with Gasteiger partial charge in [0.2, 0.25) is 0 Å². The van der Waals surface area contributed by atoms with Gasteiger partial charge < -0.3 is 5.73 Å². The summed E-state index contributed by atoms with van der Waals surface area (Å²) in [6, 6.07) is 10.8. The Kier molecular flexibility index (Phi) is 2.62. The van der Waals surface area contributed by atoms with Gasteiger partial charge in [-0.3, -0.25) is 0 Å². The van der Waals surface area contributed by atoms with E-state index in [0.29, 0.717) is 5.92 Å². The van der Waals surface area contributed by atoms with Crippen LogP contribution >= 0.6 is 27.3 Å². The smallest absolute Gasteiger partial charge is 0.0474 e. The van der Waals surface area contributed by atoms with Crippen LogP contribution in [0, 0.1) is 0 Å². The molecule has 0 saturated carbocycles. The van der Waals surface area contributed by atoms with Crippen molar-refractivity contribution in [1.82, 2.24) is 0 Å². The van der Waals surface area contributed by atoms with E-state index in [1.54, 1.807) is 11.3 Å². The Morgan fingerprint density at radius 3 is 2.81 bits per heavy atom. The highest BCUT2D eigenvalue weighted by molar-refractivity contribution is 9.10. The van der Waals surface area contributed by atoms with E-state index < -0.39 is 0 Å². The van der Waals surface area contributed by atoms with Gasteiger partial charge >= 0.3 is 0 Å². The number of benzene rings is 1. The molecule has 0 saturated heterocycles. The van der Waals surface area contributed by atoms with E-state index >= 15 is 0 Å². The van der Waals surface area contributed by atoms with Crippen LogP contribution in [0.2, 0.25) is 0 Å². The van der Waals surface area contributed by atoms with Crippen LogP contribution < -0.4 is 5.73 Å². The summed E-state index contributed by atoms with van der Waals surface area (Å²) in [5.41, 5.74) is 9.22. The van der Waals surface area contributed by atoms with Gasteiger partial charge in [0, 0.05) is 21.3 Å². The molecule has 0 amide bonds. The molecule has 3 heteroatoms. The number of nitrogens with two attached hydrogens (primary N) is 1. The van der Waals surface area contributed by atoms with Gasteiger partial charge in [-0.05, 0) is 44.9 Å². The lowest BCUT2D eigenvalue weighted by Crippen LogP contribution is -2.28. The zero-order chi connectivity index (χ0) is 11.1. The van der Waals surface area contributed by atoms with Gasteiger partial charge in [-0.2, -0.15) is 0 Å². The average Bonchev–Trinajstić information content (AvgIpc) is 2.66. The predicted octanol–water partition coefficient (Wildman–Crippen LogP) is 3.85. The van der Waals surface area contributed by atoms with E-state index in [-0.39, 0.29) is 6.04 Å². The monoisotopic (exact) mass is 293 g/mol. The minimum atomic E-state index is 0.129. The SMILES string of the molecule is NC(c1sccc1Br)C1Cc2ccccc21. The number of rotatable bonds is 2. The van der Waals surface area contributed by atoms with Gasteiger partial charge in [0.15, 0.2) is 0 Å². The van der Waals surface area contributed by atoms with Crippen LogP contribution in [0.4, 0.5) is 0 Å². The first-order chi connectivity index (χ1) is 7.77. The Morgan fingerprint density at radius 2 is 2.12 bits per heavy atom. The summed E-state index contributed by atoms with van der Waals surface area (Å²) in [6.07, 6.45) is 1.11. The molecule has 1 aromatic heterocycles. The molecule has 2 aromatic rings. The van der Waals surface area contributed by atoms with Crippen LogP contribution in [0.25, 0.3) is 0 Å². The minimum absolute atomic E-state index is 0.129. The quantitative estimate of drug-likeness (QED) is 0.894. The second-order valence-electron chi connectivity index (χ2n) is 4.17. The molecule has 1 aliphatic rings. The van der Waals surface area contributed by atoms with Crippen molar-refractivity contribution in [3.05, 3.63) is 56.2 Å². The van der Waals surface area contributed by atoms with Gasteiger partial charge in [-0.1, -0.05) is 24.3 Å². The third-order valence-electron chi connectivity index (χ3n) is 3.28. The molecular formula is C13H12BrNS. The lowest BCUT2D eigenvalue weighted by Gasteiger charge is -2.34. The van der Waals surface area contributed by atoms with Crippen LogP contribution in [-0.4, -0.2) is 0 Å². The first-order valence-corrected chi connectivity index (χ1v) is 7.01. The molecule has 82 valence electrons. The summed E-state index contributed by atoms with van der Waals surface area (Å²) < 4.78 is 1.15. The van der Waals surface area contributed by atoms with Gasteiger partial charge in [-0.15, -0.1) is 11.3 Å². The lowest BCUT2D eigenvalue weighted by atomic mass is 9.73. The summed E-state index contributed by atoms with van der Waals surface area (Å²) in [6.45, 7) is 0. The molecule has 2 unspecified atom stereocenters. The summed E-state index contributed by atoms with van der Waals surface area (Å²) in [4.78, 5) is 1.26. The molecule has 3 rings (SSSR count). The van der Waals surface area contributed by atoms with Crippen molar-refractivity contribution >= 4 is 27.3 Å². The molecule has 0 fully saturated rings. The fourth-order valence-corrected chi connectivity index (χ4v) is 4.05. The number of halogens is 1. The minimum Gasteiger partial charge on any atom is -0.323 e. The van der Waals surface area contributed by atoms with E-state index in [1.807, 2.05) is 0 Å². The Morgan fingerprint density at radius 1 is 1.31 bits per heavy atom. The molecule has 0 aliphatic heterocycles. The maximum Gasteiger partial charge on any atom is 0.0474 e. The fraction of sp³-hybridized carbons (Fsp3) is 0.231. The summed E-state index contributed by atoms with van der Waals surface area (Å²) in [5, 5.41) is 2.09. The molecule has 1 aromatic carbocycles. The third kappa shape index (κ3) is 1.54. The van der Waals surface area contributed by atoms with E-state index in [2.05, 4.69) is 51.6 Å². The normalized spacial score (nSPS) is 20.0. The van der Waals surface area contributed by atoms with Gasteiger partial charge in [0.1, 0.15) is 0 Å². The number of hydrogen-bond donors (Lipinski definition) is 1. The average molecular weight is 294 g/mol. The largest absolute Gasteiger partial charge is 0.323 e. The van der Waals surface area contributed by atoms with E-state index in [4.69, 9.17) is 5.73 Å². The van der Waals surface area contributed by atoms with E-state index in [0.717, 1.165) is 10.9 Å². The van der Waals surface area contributed by atoms with Crippen molar-refractivity contribution in [3.8, 4) is 0 Å². The standard InChI is InChI=1S/C13H12BrNS/c14-11-5-6-16-13(11)12(15)10-7-8-3-1-2-4-9(8)10/h1-6,10,12H,7,15H2. The second kappa shape index (κ2) is 3.99. The number of fused-ring (bicyclic) bond motifs is 1. The number of thiophene rings is 1. The molecule has 1 aliphatic carbocycles. The first-order valence-electron chi connectivity index (χ1n) is 5.33. The van der Waals surface area contributed by atoms with Crippen molar-refractivity contribution in [3.63, 3.8) is 0 Å². The van der Waals surface area contributed by atoms with Crippen LogP contribution in [0.1, 0.15) is 28.0 Å². The Bertz CT molecular complexity index is 520. The van der Waals surface area contributed by atoms with Crippen LogP contribution in [0.3, 0.4) is 0 Å². The van der Waals surface area contributed by atoms with Crippen molar-refractivity contribution in [2.75, 3.05) is 0 Å². The Labute approximate surface area is 107 Å². The third-order valence-corrected chi connectivity index (χ3v) is 5.25. The van der Waals surface area contributed by atoms with Crippen LogP contribution in [-0.2, 0) is 6.42 Å². The molecule has 1 nitrogen and oxygen atoms in total. The summed E-state index contributed by atoms with van der Waals surface area (Å²) in [7, 11) is 0. The molecule has 0 bridgehead atoms. The molecule has 0 spiro atoms. The lowest BCUT2D eigenvalue weighted by molar-refractivity contribution is 0.505. The van der Waals surface area contributed by atoms with Gasteiger partial charge in [-0.25, -0.2) is 0 Å². The summed E-state index contributed by atoms with van der Waals surface area (Å²) in [5.74, 6) is 0.492. The second-order valence-corrected chi connectivity index (χ2v) is 5.97. The molecule has 2 atom stereocenters. The fourth-order valence-electron chi connectivity index (χ4n) is 2.34. The maximum absolute atomic E-state index is 6.34. The molecular weight excluding hydrogens is 282 g/mol.